The van der Waals surface area contributed by atoms with Gasteiger partial charge in [-0.25, -0.2) is 0 Å². The molecule has 0 aromatic heterocycles. The number of guanidine groups is 1. The minimum atomic E-state index is 0. The molecule has 0 bridgehead atoms. The van der Waals surface area contributed by atoms with Gasteiger partial charge < -0.3 is 20.1 Å². The van der Waals surface area contributed by atoms with Crippen molar-refractivity contribution in [1.82, 2.24) is 10.6 Å². The Morgan fingerprint density at radius 1 is 1.08 bits per heavy atom. The van der Waals surface area contributed by atoms with Crippen molar-refractivity contribution in [3.63, 3.8) is 0 Å². The Morgan fingerprint density at radius 3 is 2.50 bits per heavy atom. The third kappa shape index (κ3) is 9.19. The summed E-state index contributed by atoms with van der Waals surface area (Å²) in [5.74, 6) is 2.25. The molecule has 1 aromatic carbocycles. The van der Waals surface area contributed by atoms with Gasteiger partial charge in [0.1, 0.15) is 0 Å². The predicted molar refractivity (Wildman–Crippen MR) is 119 cm³/mol. The predicted octanol–water partition coefficient (Wildman–Crippen LogP) is 3.41. The fourth-order valence-electron chi connectivity index (χ4n) is 2.84. The summed E-state index contributed by atoms with van der Waals surface area (Å²) in [5, 5.41) is 6.71. The molecule has 1 aromatic rings. The smallest absolute Gasteiger partial charge is 0.191 e. The van der Waals surface area contributed by atoms with Crippen LogP contribution in [-0.2, 0) is 9.47 Å². The lowest BCUT2D eigenvalue weighted by molar-refractivity contribution is 0.0487. The van der Waals surface area contributed by atoms with Gasteiger partial charge in [-0.1, -0.05) is 43.7 Å². The van der Waals surface area contributed by atoms with E-state index in [0.717, 1.165) is 32.1 Å². The Kier molecular flexibility index (Phi) is 12.7. The second kappa shape index (κ2) is 14.2. The number of halogens is 1. The first-order valence-corrected chi connectivity index (χ1v) is 9.50. The van der Waals surface area contributed by atoms with Gasteiger partial charge in [-0.3, -0.25) is 4.99 Å². The molecule has 5 nitrogen and oxygen atoms in total. The first-order chi connectivity index (χ1) is 12.3. The van der Waals surface area contributed by atoms with Crippen LogP contribution in [0.3, 0.4) is 0 Å². The lowest BCUT2D eigenvalue weighted by atomic mass is 10.1. The minimum absolute atomic E-state index is 0. The molecule has 1 fully saturated rings. The number of nitrogens with zero attached hydrogens (tertiary/aromatic N) is 1. The summed E-state index contributed by atoms with van der Waals surface area (Å²) in [6.45, 7) is 6.70. The highest BCUT2D eigenvalue weighted by atomic mass is 127. The highest BCUT2D eigenvalue weighted by Crippen LogP contribution is 2.46. The molecule has 0 amide bonds. The van der Waals surface area contributed by atoms with Gasteiger partial charge in [-0.05, 0) is 30.2 Å². The Morgan fingerprint density at radius 2 is 1.81 bits per heavy atom. The number of benzene rings is 1. The Hall–Kier alpha value is -0.860. The first kappa shape index (κ1) is 23.2. The molecule has 2 N–H and O–H groups in total. The zero-order chi connectivity index (χ0) is 17.7. The molecule has 2 atom stereocenters. The van der Waals surface area contributed by atoms with Gasteiger partial charge in [0.05, 0.1) is 19.8 Å². The summed E-state index contributed by atoms with van der Waals surface area (Å²) < 4.78 is 11.0. The molecule has 6 heteroatoms. The maximum Gasteiger partial charge on any atom is 0.191 e. The zero-order valence-corrected chi connectivity index (χ0v) is 18.4. The van der Waals surface area contributed by atoms with Crippen LogP contribution in [0.1, 0.15) is 37.7 Å². The van der Waals surface area contributed by atoms with Crippen LogP contribution < -0.4 is 10.6 Å². The molecule has 0 spiro atoms. The van der Waals surface area contributed by atoms with E-state index < -0.39 is 0 Å². The number of nitrogens with one attached hydrogen (secondary N) is 2. The number of hydrogen-bond donors (Lipinski definition) is 2. The highest BCUT2D eigenvalue weighted by molar-refractivity contribution is 14.0. The Labute approximate surface area is 175 Å². The van der Waals surface area contributed by atoms with Crippen LogP contribution in [0.15, 0.2) is 35.3 Å². The second-order valence-corrected chi connectivity index (χ2v) is 6.47. The SMILES string of the molecule is CCCCOCCOCCNC(=NC)NCC1CC1c1ccccc1.I. The Bertz CT molecular complexity index is 499. The normalized spacial score (nSPS) is 18.9. The van der Waals surface area contributed by atoms with Crippen molar-refractivity contribution >= 4 is 29.9 Å². The van der Waals surface area contributed by atoms with E-state index in [2.05, 4.69) is 52.9 Å². The molecule has 2 rings (SSSR count). The molecule has 1 aliphatic rings. The standard InChI is InChI=1S/C20H33N3O2.HI/c1-3-4-11-24-13-14-25-12-10-22-20(21-2)23-16-18-15-19(18)17-8-6-5-7-9-17;/h5-9,18-19H,3-4,10-16H2,1-2H3,(H2,21,22,23);1H. The largest absolute Gasteiger partial charge is 0.379 e. The average Bonchev–Trinajstić information content (AvgIpc) is 3.43. The third-order valence-corrected chi connectivity index (χ3v) is 4.46. The van der Waals surface area contributed by atoms with E-state index in [4.69, 9.17) is 9.47 Å². The summed E-state index contributed by atoms with van der Waals surface area (Å²) in [5.41, 5.74) is 1.45. The number of rotatable bonds is 12. The van der Waals surface area contributed by atoms with Crippen molar-refractivity contribution in [2.24, 2.45) is 10.9 Å². The molecular weight excluding hydrogens is 441 g/mol. The van der Waals surface area contributed by atoms with Crippen LogP contribution >= 0.6 is 24.0 Å². The summed E-state index contributed by atoms with van der Waals surface area (Å²) in [7, 11) is 1.80. The molecule has 26 heavy (non-hydrogen) atoms. The van der Waals surface area contributed by atoms with Gasteiger partial charge >= 0.3 is 0 Å². The van der Waals surface area contributed by atoms with Crippen molar-refractivity contribution in [2.45, 2.75) is 32.1 Å². The highest BCUT2D eigenvalue weighted by Gasteiger charge is 2.37. The third-order valence-electron chi connectivity index (χ3n) is 4.46. The van der Waals surface area contributed by atoms with E-state index in [1.807, 2.05) is 0 Å². The maximum atomic E-state index is 5.55. The van der Waals surface area contributed by atoms with Crippen molar-refractivity contribution < 1.29 is 9.47 Å². The van der Waals surface area contributed by atoms with E-state index >= 15 is 0 Å². The van der Waals surface area contributed by atoms with Gasteiger partial charge in [0.15, 0.2) is 5.96 Å². The van der Waals surface area contributed by atoms with Gasteiger partial charge in [0, 0.05) is 26.7 Å². The molecule has 0 radical (unpaired) electrons. The molecule has 0 heterocycles. The Balaban J connectivity index is 0.00000338. The molecule has 0 aliphatic heterocycles. The maximum absolute atomic E-state index is 5.55. The van der Waals surface area contributed by atoms with Crippen molar-refractivity contribution in [1.29, 1.82) is 0 Å². The van der Waals surface area contributed by atoms with Crippen LogP contribution in [0.5, 0.6) is 0 Å². The molecule has 2 unspecified atom stereocenters. The number of ether oxygens (including phenoxy) is 2. The van der Waals surface area contributed by atoms with Crippen LogP contribution in [0.2, 0.25) is 0 Å². The van der Waals surface area contributed by atoms with Gasteiger partial charge in [-0.2, -0.15) is 0 Å². The number of hydrogen-bond acceptors (Lipinski definition) is 3. The van der Waals surface area contributed by atoms with E-state index in [9.17, 15) is 0 Å². The minimum Gasteiger partial charge on any atom is -0.379 e. The van der Waals surface area contributed by atoms with E-state index in [-0.39, 0.29) is 24.0 Å². The fourth-order valence-corrected chi connectivity index (χ4v) is 2.84. The second-order valence-electron chi connectivity index (χ2n) is 6.47. The van der Waals surface area contributed by atoms with Crippen LogP contribution in [0, 0.1) is 5.92 Å². The van der Waals surface area contributed by atoms with E-state index in [0.29, 0.717) is 31.7 Å². The number of unbranched alkanes of at least 4 members (excludes halogenated alkanes) is 1. The van der Waals surface area contributed by atoms with Gasteiger partial charge in [0.25, 0.3) is 0 Å². The fraction of sp³-hybridized carbons (Fsp3) is 0.650. The van der Waals surface area contributed by atoms with Gasteiger partial charge in [0.2, 0.25) is 0 Å². The molecule has 0 saturated heterocycles. The van der Waals surface area contributed by atoms with Crippen LogP contribution in [0.4, 0.5) is 0 Å². The van der Waals surface area contributed by atoms with Crippen LogP contribution in [0.25, 0.3) is 0 Å². The van der Waals surface area contributed by atoms with Crippen LogP contribution in [-0.4, -0.2) is 52.5 Å². The molecular formula is C20H34IN3O2. The van der Waals surface area contributed by atoms with Crippen molar-refractivity contribution in [3.05, 3.63) is 35.9 Å². The molecule has 1 aliphatic carbocycles. The monoisotopic (exact) mass is 475 g/mol. The average molecular weight is 475 g/mol. The summed E-state index contributed by atoms with van der Waals surface area (Å²) in [6.07, 6.45) is 3.55. The lowest BCUT2D eigenvalue weighted by Crippen LogP contribution is -2.40. The van der Waals surface area contributed by atoms with Crippen molar-refractivity contribution in [3.8, 4) is 0 Å². The summed E-state index contributed by atoms with van der Waals surface area (Å²) in [4.78, 5) is 4.27. The van der Waals surface area contributed by atoms with E-state index in [1.54, 1.807) is 7.05 Å². The quantitative estimate of drug-likeness (QED) is 0.211. The first-order valence-electron chi connectivity index (χ1n) is 9.50. The number of aliphatic imine (C=N–C) groups is 1. The van der Waals surface area contributed by atoms with Crippen molar-refractivity contribution in [2.75, 3.05) is 46.6 Å². The summed E-state index contributed by atoms with van der Waals surface area (Å²) in [6, 6.07) is 10.8. The summed E-state index contributed by atoms with van der Waals surface area (Å²) >= 11 is 0. The topological polar surface area (TPSA) is 54.9 Å². The zero-order valence-electron chi connectivity index (χ0n) is 16.1. The molecule has 148 valence electrons. The van der Waals surface area contributed by atoms with E-state index in [1.165, 1.54) is 18.4 Å². The van der Waals surface area contributed by atoms with Gasteiger partial charge in [-0.15, -0.1) is 24.0 Å². The molecule has 1 saturated carbocycles. The lowest BCUT2D eigenvalue weighted by Gasteiger charge is -2.12.